The third kappa shape index (κ3) is 2.20. The van der Waals surface area contributed by atoms with E-state index in [1.165, 1.54) is 12.1 Å². The number of fused-ring (bicyclic) bond motifs is 1. The first-order chi connectivity index (χ1) is 9.99. The van der Waals surface area contributed by atoms with Crippen molar-refractivity contribution in [2.75, 3.05) is 24.5 Å². The number of halogens is 1. The Morgan fingerprint density at radius 2 is 1.90 bits per heavy atom. The molecule has 0 saturated carbocycles. The number of hydrogen-bond acceptors (Lipinski definition) is 3. The first-order valence-electron chi connectivity index (χ1n) is 6.93. The van der Waals surface area contributed by atoms with Gasteiger partial charge in [0.15, 0.2) is 0 Å². The molecule has 0 aromatic heterocycles. The average molecular weight is 290 g/mol. The van der Waals surface area contributed by atoms with Crippen LogP contribution in [0.3, 0.4) is 0 Å². The topological polar surface area (TPSA) is 57.7 Å². The summed E-state index contributed by atoms with van der Waals surface area (Å²) in [5.74, 6) is -2.47. The maximum atomic E-state index is 14.1. The minimum Gasteiger partial charge on any atom is -0.341 e. The van der Waals surface area contributed by atoms with E-state index in [1.54, 1.807) is 11.8 Å². The van der Waals surface area contributed by atoms with Crippen molar-refractivity contribution < 1.29 is 18.8 Å². The molecule has 1 aromatic rings. The number of aryl methyl sites for hydroxylation is 1. The van der Waals surface area contributed by atoms with E-state index in [0.717, 1.165) is 17.7 Å². The second-order valence-corrected chi connectivity index (χ2v) is 5.45. The van der Waals surface area contributed by atoms with Crippen LogP contribution in [0.4, 0.5) is 10.1 Å². The molecule has 0 N–H and O–H groups in total. The molecule has 110 valence electrons. The Kier molecular flexibility index (Phi) is 3.23. The van der Waals surface area contributed by atoms with Crippen molar-refractivity contribution in [3.05, 3.63) is 29.1 Å². The second kappa shape index (κ2) is 4.95. The highest BCUT2D eigenvalue weighted by Crippen LogP contribution is 2.32. The Morgan fingerprint density at radius 3 is 2.57 bits per heavy atom. The van der Waals surface area contributed by atoms with E-state index < -0.39 is 17.5 Å². The molecule has 1 saturated heterocycles. The maximum absolute atomic E-state index is 14.1. The lowest BCUT2D eigenvalue weighted by atomic mass is 10.1. The van der Waals surface area contributed by atoms with E-state index in [1.807, 2.05) is 0 Å². The molecule has 0 unspecified atom stereocenters. The normalized spacial score (nSPS) is 17.6. The molecule has 0 atom stereocenters. The Balaban J connectivity index is 1.92. The van der Waals surface area contributed by atoms with Crippen molar-refractivity contribution in [3.63, 3.8) is 0 Å². The van der Waals surface area contributed by atoms with Gasteiger partial charge in [-0.15, -0.1) is 0 Å². The third-order valence-electron chi connectivity index (χ3n) is 3.91. The summed E-state index contributed by atoms with van der Waals surface area (Å²) in [6, 6.07) is 2.75. The molecule has 1 fully saturated rings. The van der Waals surface area contributed by atoms with E-state index in [2.05, 4.69) is 0 Å². The summed E-state index contributed by atoms with van der Waals surface area (Å²) < 4.78 is 14.1. The summed E-state index contributed by atoms with van der Waals surface area (Å²) in [5.41, 5.74) is 0.551. The van der Waals surface area contributed by atoms with Gasteiger partial charge in [-0.3, -0.25) is 19.3 Å². The molecule has 0 bridgehead atoms. The summed E-state index contributed by atoms with van der Waals surface area (Å²) in [7, 11) is 0. The van der Waals surface area contributed by atoms with Crippen LogP contribution in [0.15, 0.2) is 12.1 Å². The predicted molar refractivity (Wildman–Crippen MR) is 73.6 cm³/mol. The molecule has 0 radical (unpaired) electrons. The van der Waals surface area contributed by atoms with Crippen LogP contribution in [0.2, 0.25) is 0 Å². The highest BCUT2D eigenvalue weighted by atomic mass is 19.1. The van der Waals surface area contributed by atoms with Crippen molar-refractivity contribution in [3.8, 4) is 0 Å². The molecule has 0 spiro atoms. The largest absolute Gasteiger partial charge is 0.341 e. The lowest BCUT2D eigenvalue weighted by molar-refractivity contribution is -0.129. The minimum atomic E-state index is -0.831. The number of ketones is 1. The molecular formula is C15H15FN2O3. The van der Waals surface area contributed by atoms with Crippen molar-refractivity contribution >= 4 is 23.3 Å². The lowest BCUT2D eigenvalue weighted by Crippen LogP contribution is -2.41. The zero-order valence-corrected chi connectivity index (χ0v) is 11.7. The Labute approximate surface area is 121 Å². The summed E-state index contributed by atoms with van der Waals surface area (Å²) in [6.45, 7) is 2.67. The summed E-state index contributed by atoms with van der Waals surface area (Å²) >= 11 is 0. The summed E-state index contributed by atoms with van der Waals surface area (Å²) in [5, 5.41) is 0. The first kappa shape index (κ1) is 13.7. The van der Waals surface area contributed by atoms with E-state index in [0.29, 0.717) is 18.7 Å². The van der Waals surface area contributed by atoms with Crippen LogP contribution in [-0.4, -0.2) is 42.1 Å². The SMILES string of the molecule is Cc1cc(F)c2c(c1)C(=O)C(=O)N2CC(=O)N1CCCC1. The maximum Gasteiger partial charge on any atom is 0.300 e. The first-order valence-corrected chi connectivity index (χ1v) is 6.93. The molecule has 2 amide bonds. The number of hydrogen-bond donors (Lipinski definition) is 0. The third-order valence-corrected chi connectivity index (χ3v) is 3.91. The molecule has 2 aliphatic heterocycles. The van der Waals surface area contributed by atoms with Gasteiger partial charge in [-0.05, 0) is 37.5 Å². The highest BCUT2D eigenvalue weighted by Gasteiger charge is 2.40. The van der Waals surface area contributed by atoms with Crippen molar-refractivity contribution in [1.82, 2.24) is 4.90 Å². The van der Waals surface area contributed by atoms with Crippen LogP contribution in [-0.2, 0) is 9.59 Å². The molecule has 2 heterocycles. The Hall–Kier alpha value is -2.24. The van der Waals surface area contributed by atoms with Crippen LogP contribution in [0.25, 0.3) is 0 Å². The summed E-state index contributed by atoms with van der Waals surface area (Å²) in [4.78, 5) is 38.7. The fourth-order valence-electron chi connectivity index (χ4n) is 2.87. The summed E-state index contributed by atoms with van der Waals surface area (Å²) in [6.07, 6.45) is 1.87. The van der Waals surface area contributed by atoms with Gasteiger partial charge >= 0.3 is 0 Å². The quantitative estimate of drug-likeness (QED) is 0.771. The van der Waals surface area contributed by atoms with Crippen LogP contribution in [0.1, 0.15) is 28.8 Å². The van der Waals surface area contributed by atoms with Gasteiger partial charge < -0.3 is 4.90 Å². The fourth-order valence-corrected chi connectivity index (χ4v) is 2.87. The second-order valence-electron chi connectivity index (χ2n) is 5.45. The van der Waals surface area contributed by atoms with Gasteiger partial charge in [0, 0.05) is 13.1 Å². The number of likely N-dealkylation sites (tertiary alicyclic amines) is 1. The number of carbonyl (C=O) groups is 3. The van der Waals surface area contributed by atoms with E-state index in [9.17, 15) is 18.8 Å². The van der Waals surface area contributed by atoms with Crippen molar-refractivity contribution in [1.29, 1.82) is 0 Å². The number of Topliss-reactive ketones (excluding diaryl/α,β-unsaturated/α-hetero) is 1. The van der Waals surface area contributed by atoms with E-state index in [-0.39, 0.29) is 23.7 Å². The monoisotopic (exact) mass is 290 g/mol. The lowest BCUT2D eigenvalue weighted by Gasteiger charge is -2.21. The van der Waals surface area contributed by atoms with E-state index in [4.69, 9.17) is 0 Å². The van der Waals surface area contributed by atoms with Gasteiger partial charge in [0.2, 0.25) is 5.91 Å². The van der Waals surface area contributed by atoms with Crippen molar-refractivity contribution in [2.45, 2.75) is 19.8 Å². The Morgan fingerprint density at radius 1 is 1.24 bits per heavy atom. The molecule has 0 aliphatic carbocycles. The van der Waals surface area contributed by atoms with E-state index >= 15 is 0 Å². The molecule has 5 nitrogen and oxygen atoms in total. The molecule has 6 heteroatoms. The molecular weight excluding hydrogens is 275 g/mol. The van der Waals surface area contributed by atoms with Gasteiger partial charge in [0.1, 0.15) is 12.4 Å². The molecule has 21 heavy (non-hydrogen) atoms. The molecule has 1 aromatic carbocycles. The number of benzene rings is 1. The zero-order chi connectivity index (χ0) is 15.1. The number of carbonyl (C=O) groups excluding carboxylic acids is 3. The minimum absolute atomic E-state index is 0.0479. The number of nitrogens with zero attached hydrogens (tertiary/aromatic N) is 2. The predicted octanol–water partition coefficient (Wildman–Crippen LogP) is 1.29. The van der Waals surface area contributed by atoms with Crippen LogP contribution < -0.4 is 4.90 Å². The number of amides is 2. The smallest absolute Gasteiger partial charge is 0.300 e. The van der Waals surface area contributed by atoms with Gasteiger partial charge in [0.25, 0.3) is 11.7 Å². The van der Waals surface area contributed by atoms with Crippen LogP contribution in [0.5, 0.6) is 0 Å². The fraction of sp³-hybridized carbons (Fsp3) is 0.400. The van der Waals surface area contributed by atoms with Crippen LogP contribution in [0, 0.1) is 12.7 Å². The zero-order valence-electron chi connectivity index (χ0n) is 11.7. The average Bonchev–Trinajstić information content (AvgIpc) is 3.03. The van der Waals surface area contributed by atoms with Crippen molar-refractivity contribution in [2.24, 2.45) is 0 Å². The number of anilines is 1. The van der Waals surface area contributed by atoms with Gasteiger partial charge in [-0.25, -0.2) is 4.39 Å². The van der Waals surface area contributed by atoms with Gasteiger partial charge in [0.05, 0.1) is 11.3 Å². The molecule has 2 aliphatic rings. The number of rotatable bonds is 2. The Bertz CT molecular complexity index is 651. The molecule has 3 rings (SSSR count). The highest BCUT2D eigenvalue weighted by molar-refractivity contribution is 6.52. The van der Waals surface area contributed by atoms with Gasteiger partial charge in [-0.1, -0.05) is 0 Å². The van der Waals surface area contributed by atoms with Gasteiger partial charge in [-0.2, -0.15) is 0 Å². The standard InChI is InChI=1S/C15H15FN2O3/c1-9-6-10-13(11(16)7-9)18(15(21)14(10)20)8-12(19)17-4-2-3-5-17/h6-7H,2-5,8H2,1H3. The van der Waals surface area contributed by atoms with Crippen LogP contribution >= 0.6 is 0 Å².